The van der Waals surface area contributed by atoms with Crippen molar-refractivity contribution in [3.05, 3.63) is 76.6 Å². The largest absolute Gasteiger partial charge is 0.349 e. The molecule has 3 aromatic heterocycles. The van der Waals surface area contributed by atoms with Crippen LogP contribution < -0.4 is 5.32 Å². The van der Waals surface area contributed by atoms with E-state index in [-0.39, 0.29) is 11.9 Å². The lowest BCUT2D eigenvalue weighted by atomic mass is 10.0. The van der Waals surface area contributed by atoms with E-state index in [1.165, 1.54) is 5.56 Å². The third-order valence-corrected chi connectivity index (χ3v) is 4.77. The number of thiazole rings is 1. The molecule has 1 unspecified atom stereocenters. The van der Waals surface area contributed by atoms with Gasteiger partial charge in [-0.05, 0) is 18.1 Å². The first-order chi connectivity index (χ1) is 12.8. The van der Waals surface area contributed by atoms with E-state index in [4.69, 9.17) is 0 Å². The summed E-state index contributed by atoms with van der Waals surface area (Å²) in [4.78, 5) is 28.4. The fraction of sp³-hybridized carbons (Fsp3) is 0.158. The Morgan fingerprint density at radius 2 is 2.04 bits per heavy atom. The number of pyridine rings is 1. The molecule has 0 radical (unpaired) electrons. The molecule has 0 aliphatic rings. The van der Waals surface area contributed by atoms with Crippen LogP contribution >= 0.6 is 11.3 Å². The van der Waals surface area contributed by atoms with Gasteiger partial charge < -0.3 is 10.3 Å². The van der Waals surface area contributed by atoms with Crippen LogP contribution in [0.5, 0.6) is 0 Å². The quantitative estimate of drug-likeness (QED) is 0.552. The predicted molar refractivity (Wildman–Crippen MR) is 101 cm³/mol. The zero-order chi connectivity index (χ0) is 17.8. The maximum Gasteiger partial charge on any atom is 0.253 e. The van der Waals surface area contributed by atoms with E-state index in [0.29, 0.717) is 17.6 Å². The maximum absolute atomic E-state index is 12.7. The van der Waals surface area contributed by atoms with Gasteiger partial charge in [-0.25, -0.2) is 15.0 Å². The molecule has 7 heteroatoms. The van der Waals surface area contributed by atoms with E-state index < -0.39 is 0 Å². The Kier molecular flexibility index (Phi) is 4.70. The van der Waals surface area contributed by atoms with Gasteiger partial charge in [0.25, 0.3) is 5.91 Å². The van der Waals surface area contributed by atoms with E-state index in [1.807, 2.05) is 29.1 Å². The van der Waals surface area contributed by atoms with E-state index in [9.17, 15) is 4.79 Å². The molecule has 0 aliphatic carbocycles. The molecule has 130 valence electrons. The van der Waals surface area contributed by atoms with Crippen molar-refractivity contribution < 1.29 is 4.79 Å². The van der Waals surface area contributed by atoms with Gasteiger partial charge in [0, 0.05) is 24.0 Å². The van der Waals surface area contributed by atoms with E-state index in [1.54, 1.807) is 29.9 Å². The minimum absolute atomic E-state index is 0.0514. The second-order valence-corrected chi connectivity index (χ2v) is 6.76. The molecule has 0 fully saturated rings. The van der Waals surface area contributed by atoms with Crippen molar-refractivity contribution in [2.75, 3.05) is 0 Å². The molecule has 6 nitrogen and oxygen atoms in total. The highest BCUT2D eigenvalue weighted by atomic mass is 32.1. The fourth-order valence-corrected chi connectivity index (χ4v) is 3.46. The minimum Gasteiger partial charge on any atom is -0.349 e. The molecule has 3 heterocycles. The van der Waals surface area contributed by atoms with Crippen molar-refractivity contribution in [3.63, 3.8) is 0 Å². The number of nitrogens with zero attached hydrogens (tertiary/aromatic N) is 3. The second kappa shape index (κ2) is 7.45. The SMILES string of the molecule is O=C(NC(Cc1ccccc1)Cc1cscn1)c1cnc2nc[nH]c2c1. The number of nitrogens with one attached hydrogen (secondary N) is 2. The molecule has 1 aromatic carbocycles. The minimum atomic E-state index is -0.148. The van der Waals surface area contributed by atoms with Gasteiger partial charge in [0.15, 0.2) is 5.65 Å². The first kappa shape index (κ1) is 16.4. The zero-order valence-corrected chi connectivity index (χ0v) is 14.7. The number of carbonyl (C=O) groups is 1. The average Bonchev–Trinajstić information content (AvgIpc) is 3.33. The lowest BCUT2D eigenvalue weighted by Gasteiger charge is -2.18. The molecule has 0 aliphatic heterocycles. The highest BCUT2D eigenvalue weighted by molar-refractivity contribution is 7.07. The summed E-state index contributed by atoms with van der Waals surface area (Å²) >= 11 is 1.56. The van der Waals surface area contributed by atoms with Crippen LogP contribution in [0.25, 0.3) is 11.2 Å². The summed E-state index contributed by atoms with van der Waals surface area (Å²) in [6.07, 6.45) is 4.55. The molecule has 1 atom stereocenters. The molecule has 0 bridgehead atoms. The standard InChI is InChI=1S/C19H17N5OS/c25-19(14-7-17-18(20-9-14)22-11-21-17)24-15(8-16-10-26-12-23-16)6-13-4-2-1-3-5-13/h1-5,7,9-12,15H,6,8H2,(H,24,25)(H,20,21,22). The third-order valence-electron chi connectivity index (χ3n) is 4.13. The van der Waals surface area contributed by atoms with Gasteiger partial charge in [0.2, 0.25) is 0 Å². The molecular formula is C19H17N5OS. The van der Waals surface area contributed by atoms with Crippen LogP contribution in [0.2, 0.25) is 0 Å². The van der Waals surface area contributed by atoms with Crippen LogP contribution in [0.4, 0.5) is 0 Å². The van der Waals surface area contributed by atoms with E-state index in [0.717, 1.165) is 17.6 Å². The number of hydrogen-bond acceptors (Lipinski definition) is 5. The smallest absolute Gasteiger partial charge is 0.253 e. The van der Waals surface area contributed by atoms with Crippen LogP contribution in [0.1, 0.15) is 21.6 Å². The predicted octanol–water partition coefficient (Wildman–Crippen LogP) is 3.00. The summed E-state index contributed by atoms with van der Waals surface area (Å²) in [6.45, 7) is 0. The second-order valence-electron chi connectivity index (χ2n) is 6.04. The number of carbonyl (C=O) groups excluding carboxylic acids is 1. The Morgan fingerprint density at radius 1 is 1.15 bits per heavy atom. The average molecular weight is 363 g/mol. The Balaban J connectivity index is 1.53. The van der Waals surface area contributed by atoms with Crippen molar-refractivity contribution >= 4 is 28.4 Å². The molecule has 0 spiro atoms. The number of H-pyrrole nitrogens is 1. The monoisotopic (exact) mass is 363 g/mol. The number of aromatic nitrogens is 4. The van der Waals surface area contributed by atoms with Crippen LogP contribution in [0.3, 0.4) is 0 Å². The summed E-state index contributed by atoms with van der Waals surface area (Å²) in [5.74, 6) is -0.148. The highest BCUT2D eigenvalue weighted by Crippen LogP contribution is 2.12. The molecule has 0 saturated carbocycles. The highest BCUT2D eigenvalue weighted by Gasteiger charge is 2.17. The molecule has 26 heavy (non-hydrogen) atoms. The number of aromatic amines is 1. The van der Waals surface area contributed by atoms with Crippen LogP contribution in [0, 0.1) is 0 Å². The van der Waals surface area contributed by atoms with Crippen LogP contribution in [0.15, 0.2) is 59.8 Å². The van der Waals surface area contributed by atoms with E-state index in [2.05, 4.69) is 37.4 Å². The number of imidazole rings is 1. The Labute approximate surface area is 154 Å². The van der Waals surface area contributed by atoms with Gasteiger partial charge in [0.05, 0.1) is 28.6 Å². The summed E-state index contributed by atoms with van der Waals surface area (Å²) in [7, 11) is 0. The molecule has 4 rings (SSSR count). The fourth-order valence-electron chi connectivity index (χ4n) is 2.89. The lowest BCUT2D eigenvalue weighted by Crippen LogP contribution is -2.38. The Morgan fingerprint density at radius 3 is 2.85 bits per heavy atom. The first-order valence-corrected chi connectivity index (χ1v) is 9.23. The van der Waals surface area contributed by atoms with Crippen molar-refractivity contribution in [2.45, 2.75) is 18.9 Å². The molecule has 1 amide bonds. The van der Waals surface area contributed by atoms with Gasteiger partial charge in [-0.2, -0.15) is 0 Å². The maximum atomic E-state index is 12.7. The Bertz CT molecular complexity index is 997. The summed E-state index contributed by atoms with van der Waals surface area (Å²) < 4.78 is 0. The van der Waals surface area contributed by atoms with Gasteiger partial charge in [0.1, 0.15) is 0 Å². The van der Waals surface area contributed by atoms with E-state index >= 15 is 0 Å². The molecule has 4 aromatic rings. The van der Waals surface area contributed by atoms with Gasteiger partial charge in [-0.15, -0.1) is 11.3 Å². The van der Waals surface area contributed by atoms with Crippen molar-refractivity contribution in [1.29, 1.82) is 0 Å². The summed E-state index contributed by atoms with van der Waals surface area (Å²) in [5, 5.41) is 5.14. The zero-order valence-electron chi connectivity index (χ0n) is 13.9. The van der Waals surface area contributed by atoms with Crippen LogP contribution in [-0.2, 0) is 12.8 Å². The summed E-state index contributed by atoms with van der Waals surface area (Å²) in [5.41, 5.74) is 5.83. The van der Waals surface area contributed by atoms with Crippen LogP contribution in [-0.4, -0.2) is 31.9 Å². The molecular weight excluding hydrogens is 346 g/mol. The van der Waals surface area contributed by atoms with Gasteiger partial charge in [-0.1, -0.05) is 30.3 Å². The van der Waals surface area contributed by atoms with Crippen molar-refractivity contribution in [1.82, 2.24) is 25.3 Å². The molecule has 2 N–H and O–H groups in total. The number of hydrogen-bond donors (Lipinski definition) is 2. The molecule has 0 saturated heterocycles. The number of amides is 1. The van der Waals surface area contributed by atoms with Crippen molar-refractivity contribution in [2.24, 2.45) is 0 Å². The topological polar surface area (TPSA) is 83.6 Å². The first-order valence-electron chi connectivity index (χ1n) is 8.29. The third kappa shape index (κ3) is 3.78. The Hall–Kier alpha value is -3.06. The van der Waals surface area contributed by atoms with Gasteiger partial charge >= 0.3 is 0 Å². The van der Waals surface area contributed by atoms with Gasteiger partial charge in [-0.3, -0.25) is 4.79 Å². The number of fused-ring (bicyclic) bond motifs is 1. The number of rotatable bonds is 6. The normalized spacial score (nSPS) is 12.2. The number of benzene rings is 1. The van der Waals surface area contributed by atoms with Crippen molar-refractivity contribution in [3.8, 4) is 0 Å². The lowest BCUT2D eigenvalue weighted by molar-refractivity contribution is 0.0936. The summed E-state index contributed by atoms with van der Waals surface area (Å²) in [6, 6.07) is 11.9.